The molecule has 2 aliphatic carbocycles. The fourth-order valence-corrected chi connectivity index (χ4v) is 8.62. The number of aryl methyl sites for hydroxylation is 4. The first-order valence-electron chi connectivity index (χ1n) is 22.4. The van der Waals surface area contributed by atoms with E-state index in [-0.39, 0.29) is 36.0 Å². The maximum atomic E-state index is 12.9. The highest BCUT2D eigenvalue weighted by Crippen LogP contribution is 2.20. The summed E-state index contributed by atoms with van der Waals surface area (Å²) in [5, 5.41) is 32.1. The van der Waals surface area contributed by atoms with Crippen LogP contribution in [0, 0.1) is 13.8 Å². The van der Waals surface area contributed by atoms with Crippen molar-refractivity contribution in [1.82, 2.24) is 59.8 Å². The molecule has 4 fully saturated rings. The van der Waals surface area contributed by atoms with Crippen LogP contribution in [0.25, 0.3) is 0 Å². The first-order valence-corrected chi connectivity index (χ1v) is 22.4. The second-order valence-electron chi connectivity index (χ2n) is 17.0. The van der Waals surface area contributed by atoms with Gasteiger partial charge in [-0.2, -0.15) is 0 Å². The van der Waals surface area contributed by atoms with Crippen molar-refractivity contribution in [2.75, 3.05) is 52.4 Å². The van der Waals surface area contributed by atoms with E-state index in [9.17, 15) is 29.2 Å². The number of hydrogen-bond donors (Lipinski definition) is 6. The maximum absolute atomic E-state index is 12.9. The summed E-state index contributed by atoms with van der Waals surface area (Å²) in [5.74, 6) is -0.331. The number of imidazole rings is 2. The number of nitrogens with zero attached hydrogens (tertiary/aromatic N) is 8. The lowest BCUT2D eigenvalue weighted by atomic mass is 9.83. The second kappa shape index (κ2) is 23.8. The van der Waals surface area contributed by atoms with Gasteiger partial charge < -0.3 is 59.9 Å². The van der Waals surface area contributed by atoms with Gasteiger partial charge in [0.1, 0.15) is 12.1 Å². The molecule has 4 heterocycles. The molecule has 2 atom stereocenters. The summed E-state index contributed by atoms with van der Waals surface area (Å²) in [7, 11) is -1.29. The predicted molar refractivity (Wildman–Crippen MR) is 232 cm³/mol. The number of rotatable bonds is 14. The van der Waals surface area contributed by atoms with E-state index < -0.39 is 26.2 Å². The lowest BCUT2D eigenvalue weighted by Crippen LogP contribution is -2.64. The topological polar surface area (TPSA) is 205 Å². The molecule has 2 aromatic heterocycles. The van der Waals surface area contributed by atoms with Crippen LogP contribution in [0.15, 0.2) is 25.0 Å². The van der Waals surface area contributed by atoms with Gasteiger partial charge >= 0.3 is 26.2 Å². The van der Waals surface area contributed by atoms with Crippen molar-refractivity contribution in [3.8, 4) is 0 Å². The summed E-state index contributed by atoms with van der Waals surface area (Å²) < 4.78 is 4.05. The highest BCUT2D eigenvalue weighted by atomic mass is 16.2. The van der Waals surface area contributed by atoms with Gasteiger partial charge in [-0.3, -0.25) is 9.59 Å². The molecule has 2 saturated heterocycles. The lowest BCUT2D eigenvalue weighted by Gasteiger charge is -2.41. The third-order valence-corrected chi connectivity index (χ3v) is 12.3. The summed E-state index contributed by atoms with van der Waals surface area (Å²) in [4.78, 5) is 67.0. The molecule has 0 spiro atoms. The Hall–Kier alpha value is -4.13. The molecular formula is C40H70B2N12O6. The van der Waals surface area contributed by atoms with Gasteiger partial charge in [-0.1, -0.05) is 38.5 Å². The van der Waals surface area contributed by atoms with Gasteiger partial charge in [-0.05, 0) is 66.0 Å². The molecule has 6 rings (SSSR count). The Bertz CT molecular complexity index is 1650. The van der Waals surface area contributed by atoms with E-state index in [1.165, 1.54) is 12.8 Å². The molecule has 18 nitrogen and oxygen atoms in total. The van der Waals surface area contributed by atoms with Crippen molar-refractivity contribution in [3.63, 3.8) is 0 Å². The number of amides is 6. The molecular weight excluding hydrogens is 766 g/mol. The van der Waals surface area contributed by atoms with E-state index in [0.717, 1.165) is 88.7 Å². The summed E-state index contributed by atoms with van der Waals surface area (Å²) in [5.41, 5.74) is 2.06. The van der Waals surface area contributed by atoms with E-state index in [1.54, 1.807) is 36.1 Å². The Balaban J connectivity index is 0.000000228. The highest BCUT2D eigenvalue weighted by molar-refractivity contribution is 6.45. The number of nitrogens with one attached hydrogen (secondary N) is 4. The third-order valence-electron chi connectivity index (χ3n) is 12.3. The first-order chi connectivity index (χ1) is 28.9. The highest BCUT2D eigenvalue weighted by Gasteiger charge is 2.39. The molecule has 332 valence electrons. The number of urea groups is 2. The van der Waals surface area contributed by atoms with Gasteiger partial charge in [0.05, 0.1) is 18.3 Å². The molecule has 0 aromatic carbocycles. The van der Waals surface area contributed by atoms with Crippen LogP contribution >= 0.6 is 0 Å². The monoisotopic (exact) mass is 837 g/mol. The average Bonchev–Trinajstić information content (AvgIpc) is 3.87. The standard InChI is InChI=1S/2C20H35BN6O3/c1-16-13-22-15-25(16)10-6-9-23-19(28)18-14-26(21(2)30)11-12-27(18)20(29)24-17-7-4-3-5-8-17;1-16-13-25(15-23-16)10-6-9-22-19(28)18-14-26(21(2)30)11-12-27(18)20(29)24-17-7-4-3-5-8-17/h13,15,17-18,30H,3-12,14H2,1-2H3,(H,23,28)(H,24,29);13,15,17-18,30H,3-12,14H2,1-2H3,(H,22,28)(H,24,29)/t2*18-/m11/s1. The Labute approximate surface area is 356 Å². The minimum Gasteiger partial charge on any atom is -0.437 e. The summed E-state index contributed by atoms with van der Waals surface area (Å²) in [6.07, 6.45) is 20.0. The zero-order valence-electron chi connectivity index (χ0n) is 36.4. The maximum Gasteiger partial charge on any atom is 0.376 e. The van der Waals surface area contributed by atoms with Gasteiger partial charge in [0.25, 0.3) is 0 Å². The summed E-state index contributed by atoms with van der Waals surface area (Å²) >= 11 is 0. The molecule has 20 heteroatoms. The van der Waals surface area contributed by atoms with Crippen LogP contribution in [0.3, 0.4) is 0 Å². The van der Waals surface area contributed by atoms with Crippen molar-refractivity contribution in [3.05, 3.63) is 36.4 Å². The van der Waals surface area contributed by atoms with Crippen molar-refractivity contribution >= 4 is 38.0 Å². The van der Waals surface area contributed by atoms with Crippen LogP contribution in [0.4, 0.5) is 9.59 Å². The van der Waals surface area contributed by atoms with Gasteiger partial charge in [0.15, 0.2) is 0 Å². The fourth-order valence-electron chi connectivity index (χ4n) is 8.62. The van der Waals surface area contributed by atoms with Gasteiger partial charge in [-0.15, -0.1) is 0 Å². The summed E-state index contributed by atoms with van der Waals surface area (Å²) in [6, 6.07) is -1.14. The molecule has 6 amide bonds. The van der Waals surface area contributed by atoms with Crippen LogP contribution in [-0.4, -0.2) is 163 Å². The van der Waals surface area contributed by atoms with E-state index in [4.69, 9.17) is 0 Å². The number of piperazine rings is 2. The molecule has 2 aromatic rings. The quantitative estimate of drug-likeness (QED) is 0.120. The second-order valence-corrected chi connectivity index (χ2v) is 17.0. The SMILES string of the molecule is CB(O)N1CCN(C(=O)NC2CCCCC2)[C@@H](C(=O)NCCCn2cnc(C)c2)C1.CB(O)N1CCN(C(=O)NC2CCCCC2)[C@@H](C(=O)NCCCn2cncc2C)C1. The van der Waals surface area contributed by atoms with Gasteiger partial charge in [0.2, 0.25) is 11.8 Å². The Morgan fingerprint density at radius 1 is 0.700 bits per heavy atom. The normalized spacial score (nSPS) is 20.8. The third kappa shape index (κ3) is 14.2. The zero-order valence-corrected chi connectivity index (χ0v) is 36.4. The first kappa shape index (κ1) is 46.9. The molecule has 0 unspecified atom stereocenters. The minimum atomic E-state index is -0.645. The van der Waals surface area contributed by atoms with E-state index >= 15 is 0 Å². The number of carbonyl (C=O) groups is 4. The average molecular weight is 837 g/mol. The van der Waals surface area contributed by atoms with Crippen LogP contribution in [0.5, 0.6) is 0 Å². The van der Waals surface area contributed by atoms with Gasteiger partial charge in [-0.25, -0.2) is 19.6 Å². The van der Waals surface area contributed by atoms with Crippen molar-refractivity contribution in [2.45, 2.75) is 142 Å². The van der Waals surface area contributed by atoms with Crippen LogP contribution < -0.4 is 21.3 Å². The van der Waals surface area contributed by atoms with Crippen LogP contribution in [-0.2, 0) is 22.7 Å². The van der Waals surface area contributed by atoms with Crippen molar-refractivity contribution in [1.29, 1.82) is 0 Å². The predicted octanol–water partition coefficient (Wildman–Crippen LogP) is 1.67. The van der Waals surface area contributed by atoms with Gasteiger partial charge in [0, 0.05) is 95.6 Å². The smallest absolute Gasteiger partial charge is 0.376 e. The molecule has 2 saturated carbocycles. The Morgan fingerprint density at radius 3 is 1.60 bits per heavy atom. The van der Waals surface area contributed by atoms with Crippen LogP contribution in [0.2, 0.25) is 13.6 Å². The molecule has 2 aliphatic heterocycles. The molecule has 0 radical (unpaired) electrons. The lowest BCUT2D eigenvalue weighted by molar-refractivity contribution is -0.127. The number of aromatic nitrogens is 4. The fraction of sp³-hybridized carbons (Fsp3) is 0.750. The summed E-state index contributed by atoms with van der Waals surface area (Å²) in [6.45, 7) is 12.6. The Morgan fingerprint density at radius 2 is 1.18 bits per heavy atom. The molecule has 60 heavy (non-hydrogen) atoms. The van der Waals surface area contributed by atoms with Crippen molar-refractivity contribution in [2.24, 2.45) is 0 Å². The number of carbonyl (C=O) groups excluding carboxylic acids is 4. The molecule has 6 N–H and O–H groups in total. The zero-order chi connectivity index (χ0) is 43.0. The van der Waals surface area contributed by atoms with E-state index in [1.807, 2.05) is 45.0 Å². The van der Waals surface area contributed by atoms with Crippen molar-refractivity contribution < 1.29 is 29.2 Å². The van der Waals surface area contributed by atoms with Crippen LogP contribution in [0.1, 0.15) is 88.4 Å². The number of hydrogen-bond acceptors (Lipinski definition) is 10. The molecule has 0 bridgehead atoms. The van der Waals surface area contributed by atoms with E-state index in [0.29, 0.717) is 52.4 Å². The minimum absolute atomic E-state index is 0.165. The Kier molecular flexibility index (Phi) is 18.6. The largest absolute Gasteiger partial charge is 0.437 e. The molecule has 4 aliphatic rings. The van der Waals surface area contributed by atoms with E-state index in [2.05, 4.69) is 31.2 Å².